The Kier molecular flexibility index (Phi) is 3.94. The second-order valence-electron chi connectivity index (χ2n) is 5.01. The molecule has 1 amide bonds. The van der Waals surface area contributed by atoms with Gasteiger partial charge in [-0.05, 0) is 29.8 Å². The van der Waals surface area contributed by atoms with Crippen LogP contribution in [0.15, 0.2) is 30.3 Å². The topological polar surface area (TPSA) is 81.5 Å². The van der Waals surface area contributed by atoms with E-state index in [9.17, 15) is 19.3 Å². The summed E-state index contributed by atoms with van der Waals surface area (Å²) in [6.07, 6.45) is 1.45. The second-order valence-corrected chi connectivity index (χ2v) is 5.42. The summed E-state index contributed by atoms with van der Waals surface area (Å²) in [5.74, 6) is -0.943. The molecule has 24 heavy (non-hydrogen) atoms. The molecule has 0 spiro atoms. The number of nitro groups is 1. The predicted molar refractivity (Wildman–Crippen MR) is 87.6 cm³/mol. The summed E-state index contributed by atoms with van der Waals surface area (Å²) in [5, 5.41) is 13.5. The largest absolute Gasteiger partial charge is 0.494 e. The van der Waals surface area contributed by atoms with Gasteiger partial charge in [-0.2, -0.15) is 0 Å². The van der Waals surface area contributed by atoms with E-state index in [1.165, 1.54) is 37.5 Å². The van der Waals surface area contributed by atoms with Crippen LogP contribution in [0.2, 0.25) is 5.02 Å². The molecule has 0 fully saturated rings. The van der Waals surface area contributed by atoms with E-state index < -0.39 is 16.6 Å². The van der Waals surface area contributed by atoms with Gasteiger partial charge < -0.3 is 10.1 Å². The quantitative estimate of drug-likeness (QED) is 0.518. The van der Waals surface area contributed by atoms with E-state index in [2.05, 4.69) is 5.32 Å². The third-order valence-electron chi connectivity index (χ3n) is 3.55. The first kappa shape index (κ1) is 15.9. The maximum absolute atomic E-state index is 13.8. The van der Waals surface area contributed by atoms with Crippen LogP contribution in [0.25, 0.3) is 11.6 Å². The van der Waals surface area contributed by atoms with Crippen molar-refractivity contribution in [2.45, 2.75) is 0 Å². The molecule has 0 aromatic heterocycles. The Bertz CT molecular complexity index is 911. The Morgan fingerprint density at radius 2 is 2.08 bits per heavy atom. The third-order valence-corrected chi connectivity index (χ3v) is 3.86. The lowest BCUT2D eigenvalue weighted by atomic mass is 10.0. The minimum atomic E-state index is -0.629. The van der Waals surface area contributed by atoms with E-state index in [4.69, 9.17) is 16.3 Å². The minimum Gasteiger partial charge on any atom is -0.494 e. The molecular formula is C16H10ClFN2O4. The van der Waals surface area contributed by atoms with Gasteiger partial charge in [0.2, 0.25) is 0 Å². The first-order valence-electron chi connectivity index (χ1n) is 6.75. The number of hydrogen-bond acceptors (Lipinski definition) is 4. The zero-order valence-corrected chi connectivity index (χ0v) is 13.1. The van der Waals surface area contributed by atoms with Gasteiger partial charge in [0.05, 0.1) is 17.7 Å². The van der Waals surface area contributed by atoms with E-state index in [1.54, 1.807) is 6.07 Å². The second kappa shape index (κ2) is 5.93. The van der Waals surface area contributed by atoms with Gasteiger partial charge in [-0.3, -0.25) is 14.9 Å². The molecular weight excluding hydrogens is 339 g/mol. The molecule has 2 aromatic rings. The van der Waals surface area contributed by atoms with Crippen molar-refractivity contribution < 1.29 is 18.8 Å². The molecule has 0 aliphatic carbocycles. The van der Waals surface area contributed by atoms with Gasteiger partial charge >= 0.3 is 0 Å². The Morgan fingerprint density at radius 3 is 2.71 bits per heavy atom. The monoisotopic (exact) mass is 348 g/mol. The van der Waals surface area contributed by atoms with E-state index in [-0.39, 0.29) is 22.0 Å². The number of benzene rings is 2. The zero-order valence-electron chi connectivity index (χ0n) is 12.3. The van der Waals surface area contributed by atoms with Crippen LogP contribution in [0.5, 0.6) is 5.75 Å². The molecule has 122 valence electrons. The molecule has 3 rings (SSSR count). The molecule has 1 aliphatic heterocycles. The molecule has 8 heteroatoms. The first-order valence-corrected chi connectivity index (χ1v) is 7.13. The maximum Gasteiger partial charge on any atom is 0.288 e. The zero-order chi connectivity index (χ0) is 17.4. The molecule has 1 heterocycles. The first-order chi connectivity index (χ1) is 11.4. The lowest BCUT2D eigenvalue weighted by Gasteiger charge is -2.03. The highest BCUT2D eigenvalue weighted by atomic mass is 35.5. The van der Waals surface area contributed by atoms with Gasteiger partial charge in [0.1, 0.15) is 5.02 Å². The fourth-order valence-corrected chi connectivity index (χ4v) is 2.66. The molecule has 0 unspecified atom stereocenters. The Morgan fingerprint density at radius 1 is 1.33 bits per heavy atom. The number of nitro benzene ring substituents is 1. The smallest absolute Gasteiger partial charge is 0.288 e. The SMILES string of the molecule is COc1ccc(/C=C2/C(=O)Nc3cc(Cl)c([N+](=O)[O-])cc32)cc1F. The van der Waals surface area contributed by atoms with Crippen molar-refractivity contribution in [2.75, 3.05) is 12.4 Å². The van der Waals surface area contributed by atoms with E-state index in [0.717, 1.165) is 0 Å². The number of carbonyl (C=O) groups is 1. The van der Waals surface area contributed by atoms with Gasteiger partial charge in [0, 0.05) is 17.2 Å². The van der Waals surface area contributed by atoms with Crippen molar-refractivity contribution in [2.24, 2.45) is 0 Å². The Hall–Kier alpha value is -2.93. The van der Waals surface area contributed by atoms with Crippen molar-refractivity contribution in [3.05, 3.63) is 62.4 Å². The van der Waals surface area contributed by atoms with Crippen molar-refractivity contribution in [3.63, 3.8) is 0 Å². The molecule has 0 radical (unpaired) electrons. The number of ether oxygens (including phenoxy) is 1. The summed E-state index contributed by atoms with van der Waals surface area (Å²) >= 11 is 5.84. The van der Waals surface area contributed by atoms with Gasteiger partial charge in [0.25, 0.3) is 11.6 Å². The summed E-state index contributed by atoms with van der Waals surface area (Å²) in [6.45, 7) is 0. The van der Waals surface area contributed by atoms with Crippen LogP contribution in [-0.4, -0.2) is 17.9 Å². The predicted octanol–water partition coefficient (Wildman–Crippen LogP) is 3.89. The molecule has 0 bridgehead atoms. The normalized spacial score (nSPS) is 14.5. The number of halogens is 2. The summed E-state index contributed by atoms with van der Waals surface area (Å²) < 4.78 is 18.6. The fraction of sp³-hybridized carbons (Fsp3) is 0.0625. The highest BCUT2D eigenvalue weighted by molar-refractivity contribution is 6.37. The summed E-state index contributed by atoms with van der Waals surface area (Å²) in [5.41, 5.74) is 1.01. The van der Waals surface area contributed by atoms with Crippen molar-refractivity contribution in [3.8, 4) is 5.75 Å². The number of rotatable bonds is 3. The number of fused-ring (bicyclic) bond motifs is 1. The van der Waals surface area contributed by atoms with Crippen molar-refractivity contribution >= 4 is 40.5 Å². The van der Waals surface area contributed by atoms with Crippen LogP contribution in [0.4, 0.5) is 15.8 Å². The molecule has 0 atom stereocenters. The van der Waals surface area contributed by atoms with Crippen molar-refractivity contribution in [1.82, 2.24) is 0 Å². The average Bonchev–Trinajstić information content (AvgIpc) is 2.81. The van der Waals surface area contributed by atoms with Crippen LogP contribution >= 0.6 is 11.6 Å². The highest BCUT2D eigenvalue weighted by Crippen LogP contribution is 2.39. The van der Waals surface area contributed by atoms with Gasteiger partial charge in [-0.1, -0.05) is 17.7 Å². The van der Waals surface area contributed by atoms with Crippen LogP contribution in [0.1, 0.15) is 11.1 Å². The van der Waals surface area contributed by atoms with Crippen molar-refractivity contribution in [1.29, 1.82) is 0 Å². The summed E-state index contributed by atoms with van der Waals surface area (Å²) in [6, 6.07) is 6.76. The van der Waals surface area contributed by atoms with E-state index >= 15 is 0 Å². The van der Waals surface area contributed by atoms with Crippen LogP contribution in [0.3, 0.4) is 0 Å². The number of amides is 1. The van der Waals surface area contributed by atoms with Gasteiger partial charge in [0.15, 0.2) is 11.6 Å². The number of methoxy groups -OCH3 is 1. The number of hydrogen-bond donors (Lipinski definition) is 1. The average molecular weight is 349 g/mol. The standard InChI is InChI=1S/C16H10ClFN2O4/c1-24-15-3-2-8(5-12(15)18)4-10-9-6-14(20(22)23)11(17)7-13(9)19-16(10)21/h2-7H,1H3,(H,19,21)/b10-4+. The number of carbonyl (C=O) groups excluding carboxylic acids is 1. The molecule has 1 aliphatic rings. The highest BCUT2D eigenvalue weighted by Gasteiger charge is 2.28. The van der Waals surface area contributed by atoms with Crippen LogP contribution < -0.4 is 10.1 Å². The van der Waals surface area contributed by atoms with Gasteiger partial charge in [-0.25, -0.2) is 4.39 Å². The van der Waals surface area contributed by atoms with E-state index in [0.29, 0.717) is 16.8 Å². The molecule has 0 saturated carbocycles. The number of nitrogens with one attached hydrogen (secondary N) is 1. The Balaban J connectivity index is 2.10. The minimum absolute atomic E-state index is 0.0733. The number of nitrogens with zero attached hydrogens (tertiary/aromatic N) is 1. The van der Waals surface area contributed by atoms with Crippen LogP contribution in [0, 0.1) is 15.9 Å². The van der Waals surface area contributed by atoms with E-state index in [1.807, 2.05) is 0 Å². The number of anilines is 1. The summed E-state index contributed by atoms with van der Waals surface area (Å²) in [4.78, 5) is 22.5. The van der Waals surface area contributed by atoms with Crippen LogP contribution in [-0.2, 0) is 4.79 Å². The lowest BCUT2D eigenvalue weighted by Crippen LogP contribution is -2.03. The maximum atomic E-state index is 13.8. The van der Waals surface area contributed by atoms with Gasteiger partial charge in [-0.15, -0.1) is 0 Å². The molecule has 0 saturated heterocycles. The third kappa shape index (κ3) is 2.69. The molecule has 6 nitrogen and oxygen atoms in total. The molecule has 1 N–H and O–H groups in total. The lowest BCUT2D eigenvalue weighted by molar-refractivity contribution is -0.384. The summed E-state index contributed by atoms with van der Waals surface area (Å²) in [7, 11) is 1.35. The fourth-order valence-electron chi connectivity index (χ4n) is 2.42. The Labute approximate surface area is 140 Å². The molecule has 2 aromatic carbocycles.